The molecule has 0 aromatic heterocycles. The summed E-state index contributed by atoms with van der Waals surface area (Å²) in [4.78, 5) is 0. The zero-order valence-electron chi connectivity index (χ0n) is 4.56. The van der Waals surface area contributed by atoms with Crippen LogP contribution in [-0.4, -0.2) is 0 Å². The zero-order valence-corrected chi connectivity index (χ0v) is 6.11. The molecule has 0 bridgehead atoms. The van der Waals surface area contributed by atoms with Crippen molar-refractivity contribution in [3.05, 3.63) is 39.5 Å². The predicted molar refractivity (Wildman–Crippen MR) is 33.8 cm³/mol. The van der Waals surface area contributed by atoms with E-state index >= 15 is 0 Å². The van der Waals surface area contributed by atoms with Gasteiger partial charge in [-0.15, -0.1) is 39.5 Å². The van der Waals surface area contributed by atoms with Gasteiger partial charge in [0.05, 0.1) is 0 Å². The van der Waals surface area contributed by atoms with Crippen LogP contribution in [0.25, 0.3) is 0 Å². The largest absolute Gasteiger partial charge is 2.00 e. The van der Waals surface area contributed by atoms with E-state index in [1.165, 1.54) is 0 Å². The van der Waals surface area contributed by atoms with Gasteiger partial charge >= 0.3 is 20.4 Å². The second-order valence-electron chi connectivity index (χ2n) is 0. The van der Waals surface area contributed by atoms with Crippen molar-refractivity contribution in [1.82, 2.24) is 0 Å². The Kier molecular flexibility index (Phi) is 41500. The van der Waals surface area contributed by atoms with Crippen molar-refractivity contribution < 1.29 is 20.4 Å². The van der Waals surface area contributed by atoms with Crippen LogP contribution in [0, 0.1) is 0 Å². The molecule has 0 aliphatic heterocycles. The molecule has 0 aliphatic carbocycles. The second kappa shape index (κ2) is 10100. The maximum absolute atomic E-state index is 3.00. The van der Waals surface area contributed by atoms with Crippen molar-refractivity contribution in [2.75, 3.05) is 0 Å². The third kappa shape index (κ3) is 6400. The third-order valence-corrected chi connectivity index (χ3v) is 0. The zero-order chi connectivity index (χ0) is 6.00. The molecule has 0 heterocycles. The summed E-state index contributed by atoms with van der Waals surface area (Å²) in [7, 11) is 0. The average molecular weight is 191 g/mol. The van der Waals surface area contributed by atoms with E-state index in [4.69, 9.17) is 0 Å². The van der Waals surface area contributed by atoms with Crippen molar-refractivity contribution >= 4 is 0 Å². The molecule has 44 valence electrons. The molecule has 0 unspecified atom stereocenters. The van der Waals surface area contributed by atoms with Crippen LogP contribution in [0.2, 0.25) is 0 Å². The molecule has 0 amide bonds. The van der Waals surface area contributed by atoms with Gasteiger partial charge in [0.1, 0.15) is 0 Å². The number of hydrogen-bond acceptors (Lipinski definition) is 0. The molecule has 0 saturated carbocycles. The fourth-order valence-corrected chi connectivity index (χ4v) is 0. The molecule has 0 aromatic rings. The first-order valence-electron chi connectivity index (χ1n) is 1.50. The van der Waals surface area contributed by atoms with Gasteiger partial charge in [-0.25, -0.2) is 0 Å². The first kappa shape index (κ1) is 28.7. The molecule has 0 atom stereocenters. The van der Waals surface area contributed by atoms with E-state index in [9.17, 15) is 0 Å². The summed E-state index contributed by atoms with van der Waals surface area (Å²) >= 11 is 0. The fraction of sp³-hybridized carbons (Fsp3) is 0. The van der Waals surface area contributed by atoms with Crippen LogP contribution in [0.15, 0.2) is 39.5 Å². The molecular weight excluding hydrogens is 178 g/mol. The fourth-order valence-electron chi connectivity index (χ4n) is 0. The Morgan fingerprint density at radius 2 is 0.429 bits per heavy atom. The standard InChI is InChI=1S/3C2H4.Pd/c3*1-2;/h3*1-2H2;/q;;;+2. The minimum Gasteiger partial charge on any atom is -0.106 e. The van der Waals surface area contributed by atoms with Gasteiger partial charge in [0.2, 0.25) is 0 Å². The second-order valence-corrected chi connectivity index (χ2v) is 0. The summed E-state index contributed by atoms with van der Waals surface area (Å²) < 4.78 is 0. The Hall–Kier alpha value is -0.118. The SMILES string of the molecule is C=C.C=C.C=C.[Pd+2]. The Morgan fingerprint density at radius 1 is 0.429 bits per heavy atom. The topological polar surface area (TPSA) is 0 Å². The van der Waals surface area contributed by atoms with E-state index in [1.807, 2.05) is 0 Å². The van der Waals surface area contributed by atoms with Crippen LogP contribution < -0.4 is 0 Å². The monoisotopic (exact) mass is 190 g/mol. The van der Waals surface area contributed by atoms with E-state index in [2.05, 4.69) is 39.5 Å². The summed E-state index contributed by atoms with van der Waals surface area (Å²) in [6, 6.07) is 0. The molecule has 0 fully saturated rings. The van der Waals surface area contributed by atoms with Crippen molar-refractivity contribution in [2.45, 2.75) is 0 Å². The first-order chi connectivity index (χ1) is 3.00. The van der Waals surface area contributed by atoms with Gasteiger partial charge in [-0.3, -0.25) is 0 Å². The molecule has 0 aliphatic rings. The van der Waals surface area contributed by atoms with E-state index in [0.717, 1.165) is 0 Å². The van der Waals surface area contributed by atoms with E-state index in [-0.39, 0.29) is 20.4 Å². The van der Waals surface area contributed by atoms with E-state index in [0.29, 0.717) is 0 Å². The molecule has 0 rings (SSSR count). The van der Waals surface area contributed by atoms with Gasteiger partial charge in [0.25, 0.3) is 0 Å². The van der Waals surface area contributed by atoms with Crippen LogP contribution in [-0.2, 0) is 20.4 Å². The molecule has 1 heteroatoms. The van der Waals surface area contributed by atoms with E-state index < -0.39 is 0 Å². The summed E-state index contributed by atoms with van der Waals surface area (Å²) in [6.07, 6.45) is 0. The van der Waals surface area contributed by atoms with Crippen LogP contribution >= 0.6 is 0 Å². The summed E-state index contributed by atoms with van der Waals surface area (Å²) in [5, 5.41) is 0. The van der Waals surface area contributed by atoms with Crippen molar-refractivity contribution in [3.8, 4) is 0 Å². The summed E-state index contributed by atoms with van der Waals surface area (Å²) in [5.41, 5.74) is 0. The number of hydrogen-bond donors (Lipinski definition) is 0. The maximum atomic E-state index is 3.00. The molecule has 7 heavy (non-hydrogen) atoms. The summed E-state index contributed by atoms with van der Waals surface area (Å²) in [5.74, 6) is 0. The Bertz CT molecular complexity index is 8.90. The van der Waals surface area contributed by atoms with Gasteiger partial charge < -0.3 is 0 Å². The molecule has 0 aromatic carbocycles. The van der Waals surface area contributed by atoms with Crippen molar-refractivity contribution in [1.29, 1.82) is 0 Å². The van der Waals surface area contributed by atoms with Crippen LogP contribution in [0.1, 0.15) is 0 Å². The summed E-state index contributed by atoms with van der Waals surface area (Å²) in [6.45, 7) is 18.0. The van der Waals surface area contributed by atoms with Gasteiger partial charge in [-0.1, -0.05) is 0 Å². The van der Waals surface area contributed by atoms with Crippen molar-refractivity contribution in [2.24, 2.45) is 0 Å². The molecule has 0 spiro atoms. The minimum absolute atomic E-state index is 0. The quantitative estimate of drug-likeness (QED) is 0.407. The molecule has 0 N–H and O–H groups in total. The first-order valence-corrected chi connectivity index (χ1v) is 1.50. The van der Waals surface area contributed by atoms with Gasteiger partial charge in [-0.2, -0.15) is 0 Å². The van der Waals surface area contributed by atoms with Crippen molar-refractivity contribution in [3.63, 3.8) is 0 Å². The molecular formula is C6H12Pd+2. The minimum atomic E-state index is 0. The van der Waals surface area contributed by atoms with Crippen LogP contribution in [0.5, 0.6) is 0 Å². The van der Waals surface area contributed by atoms with Gasteiger partial charge in [0.15, 0.2) is 0 Å². The average Bonchev–Trinajstić information content (AvgIpc) is 1.81. The maximum Gasteiger partial charge on any atom is 2.00 e. The Balaban J connectivity index is -0.00000000900. The van der Waals surface area contributed by atoms with Crippen LogP contribution in [0.3, 0.4) is 0 Å². The predicted octanol–water partition coefficient (Wildman–Crippen LogP) is 2.40. The van der Waals surface area contributed by atoms with E-state index in [1.54, 1.807) is 0 Å². The van der Waals surface area contributed by atoms with Gasteiger partial charge in [0, 0.05) is 0 Å². The van der Waals surface area contributed by atoms with Gasteiger partial charge in [-0.05, 0) is 0 Å². The van der Waals surface area contributed by atoms with Crippen LogP contribution in [0.4, 0.5) is 0 Å². The number of rotatable bonds is 0. The smallest absolute Gasteiger partial charge is 0.106 e. The normalized spacial score (nSPS) is 1.71. The Morgan fingerprint density at radius 3 is 0.429 bits per heavy atom. The molecule has 0 nitrogen and oxygen atoms in total. The molecule has 0 saturated heterocycles. The third-order valence-electron chi connectivity index (χ3n) is 0. The molecule has 0 radical (unpaired) electrons. The Labute approximate surface area is 60.3 Å².